The molecule has 0 atom stereocenters. The van der Waals surface area contributed by atoms with Gasteiger partial charge in [0.15, 0.2) is 0 Å². The molecule has 21 heavy (non-hydrogen) atoms. The van der Waals surface area contributed by atoms with Gasteiger partial charge in [-0.05, 0) is 32.8 Å². The van der Waals surface area contributed by atoms with Crippen molar-refractivity contribution in [3.8, 4) is 0 Å². The second-order valence-corrected chi connectivity index (χ2v) is 5.87. The molecule has 1 aliphatic carbocycles. The molecule has 0 bridgehead atoms. The van der Waals surface area contributed by atoms with E-state index in [-0.39, 0.29) is 5.91 Å². The van der Waals surface area contributed by atoms with Gasteiger partial charge in [-0.3, -0.25) is 4.79 Å². The van der Waals surface area contributed by atoms with Crippen LogP contribution >= 0.6 is 11.6 Å². The molecule has 0 radical (unpaired) electrons. The predicted molar refractivity (Wildman–Crippen MR) is 87.0 cm³/mol. The number of pyridine rings is 1. The van der Waals surface area contributed by atoms with Gasteiger partial charge in [0.05, 0.1) is 10.6 Å². The molecule has 2 rings (SSSR count). The molecule has 0 spiro atoms. The summed E-state index contributed by atoms with van der Waals surface area (Å²) in [6, 6.07) is 2.11. The summed E-state index contributed by atoms with van der Waals surface area (Å²) >= 11 is 6.19. The standard InChI is InChI=1S/C16H24ClN3O/c1-3-18-15-10-13(14(17)11-19-15)16(21)20(4-2)12-8-6-5-7-9-12/h10-12H,3-9H2,1-2H3,(H,18,19). The zero-order chi connectivity index (χ0) is 15.2. The summed E-state index contributed by atoms with van der Waals surface area (Å²) in [6.45, 7) is 5.52. The summed E-state index contributed by atoms with van der Waals surface area (Å²) in [7, 11) is 0. The second kappa shape index (κ2) is 7.64. The lowest BCUT2D eigenvalue weighted by molar-refractivity contribution is 0.0648. The van der Waals surface area contributed by atoms with Crippen LogP contribution in [0.25, 0.3) is 0 Å². The van der Waals surface area contributed by atoms with Gasteiger partial charge in [-0.25, -0.2) is 4.98 Å². The van der Waals surface area contributed by atoms with Crippen LogP contribution in [0.5, 0.6) is 0 Å². The Morgan fingerprint density at radius 1 is 1.38 bits per heavy atom. The molecule has 1 aliphatic rings. The van der Waals surface area contributed by atoms with Crippen molar-refractivity contribution in [2.24, 2.45) is 0 Å². The van der Waals surface area contributed by atoms with Crippen molar-refractivity contribution in [2.45, 2.75) is 52.0 Å². The Bertz CT molecular complexity index is 486. The fraction of sp³-hybridized carbons (Fsp3) is 0.625. The van der Waals surface area contributed by atoms with Gasteiger partial charge in [0.1, 0.15) is 5.82 Å². The van der Waals surface area contributed by atoms with E-state index in [1.807, 2.05) is 18.7 Å². The average Bonchev–Trinajstić information content (AvgIpc) is 2.51. The number of aromatic nitrogens is 1. The van der Waals surface area contributed by atoms with E-state index in [9.17, 15) is 4.79 Å². The highest BCUT2D eigenvalue weighted by atomic mass is 35.5. The lowest BCUT2D eigenvalue weighted by Crippen LogP contribution is -2.41. The van der Waals surface area contributed by atoms with Crippen molar-refractivity contribution >= 4 is 23.3 Å². The fourth-order valence-electron chi connectivity index (χ4n) is 3.00. The zero-order valence-corrected chi connectivity index (χ0v) is 13.6. The quantitative estimate of drug-likeness (QED) is 0.895. The van der Waals surface area contributed by atoms with Crippen molar-refractivity contribution in [3.63, 3.8) is 0 Å². The monoisotopic (exact) mass is 309 g/mol. The van der Waals surface area contributed by atoms with Crippen molar-refractivity contribution in [3.05, 3.63) is 22.8 Å². The highest BCUT2D eigenvalue weighted by molar-refractivity contribution is 6.33. The summed E-state index contributed by atoms with van der Waals surface area (Å²) < 4.78 is 0. The molecule has 1 aromatic rings. The Labute approximate surface area is 131 Å². The van der Waals surface area contributed by atoms with Crippen LogP contribution in [0.1, 0.15) is 56.3 Å². The van der Waals surface area contributed by atoms with E-state index >= 15 is 0 Å². The molecule has 0 saturated heterocycles. The third kappa shape index (κ3) is 3.88. The summed E-state index contributed by atoms with van der Waals surface area (Å²) in [4.78, 5) is 19.0. The van der Waals surface area contributed by atoms with Crippen LogP contribution < -0.4 is 5.32 Å². The van der Waals surface area contributed by atoms with E-state index in [0.29, 0.717) is 22.4 Å². The lowest BCUT2D eigenvalue weighted by atomic mass is 9.93. The van der Waals surface area contributed by atoms with Crippen molar-refractivity contribution < 1.29 is 4.79 Å². The number of rotatable bonds is 5. The Hall–Kier alpha value is -1.29. The highest BCUT2D eigenvalue weighted by Gasteiger charge is 2.26. The molecule has 1 aromatic heterocycles. The van der Waals surface area contributed by atoms with Crippen LogP contribution in [0, 0.1) is 0 Å². The highest BCUT2D eigenvalue weighted by Crippen LogP contribution is 2.26. The first-order valence-electron chi connectivity index (χ1n) is 7.87. The maximum Gasteiger partial charge on any atom is 0.255 e. The van der Waals surface area contributed by atoms with Crippen LogP contribution in [0.2, 0.25) is 5.02 Å². The summed E-state index contributed by atoms with van der Waals surface area (Å²) in [5, 5.41) is 3.55. The Morgan fingerprint density at radius 2 is 2.10 bits per heavy atom. The number of hydrogen-bond acceptors (Lipinski definition) is 3. The normalized spacial score (nSPS) is 15.8. The van der Waals surface area contributed by atoms with Crippen molar-refractivity contribution in [1.82, 2.24) is 9.88 Å². The Balaban J connectivity index is 2.21. The zero-order valence-electron chi connectivity index (χ0n) is 12.9. The first-order valence-corrected chi connectivity index (χ1v) is 8.25. The number of nitrogens with one attached hydrogen (secondary N) is 1. The Kier molecular flexibility index (Phi) is 5.85. The average molecular weight is 310 g/mol. The molecule has 5 heteroatoms. The third-order valence-corrected chi connectivity index (χ3v) is 4.36. The number of hydrogen-bond donors (Lipinski definition) is 1. The van der Waals surface area contributed by atoms with E-state index in [1.165, 1.54) is 19.3 Å². The van der Waals surface area contributed by atoms with Gasteiger partial charge in [0.2, 0.25) is 0 Å². The minimum atomic E-state index is 0.0240. The minimum Gasteiger partial charge on any atom is -0.370 e. The second-order valence-electron chi connectivity index (χ2n) is 5.46. The van der Waals surface area contributed by atoms with E-state index in [4.69, 9.17) is 11.6 Å². The van der Waals surface area contributed by atoms with Crippen LogP contribution in [-0.2, 0) is 0 Å². The lowest BCUT2D eigenvalue weighted by Gasteiger charge is -2.33. The van der Waals surface area contributed by atoms with Gasteiger partial charge < -0.3 is 10.2 Å². The first-order chi connectivity index (χ1) is 10.2. The first kappa shape index (κ1) is 16.1. The molecule has 1 saturated carbocycles. The molecule has 1 heterocycles. The fourth-order valence-corrected chi connectivity index (χ4v) is 3.18. The van der Waals surface area contributed by atoms with Gasteiger partial charge in [-0.1, -0.05) is 30.9 Å². The van der Waals surface area contributed by atoms with Gasteiger partial charge in [0.25, 0.3) is 5.91 Å². The maximum absolute atomic E-state index is 12.8. The molecule has 1 amide bonds. The number of carbonyl (C=O) groups excluding carboxylic acids is 1. The largest absolute Gasteiger partial charge is 0.370 e. The molecule has 1 fully saturated rings. The van der Waals surface area contributed by atoms with Crippen molar-refractivity contribution in [1.29, 1.82) is 0 Å². The molecule has 1 N–H and O–H groups in total. The number of carbonyl (C=O) groups is 1. The summed E-state index contributed by atoms with van der Waals surface area (Å²) in [5.41, 5.74) is 0.551. The van der Waals surface area contributed by atoms with Crippen LogP contribution in [0.3, 0.4) is 0 Å². The maximum atomic E-state index is 12.8. The summed E-state index contributed by atoms with van der Waals surface area (Å²) in [5.74, 6) is 0.723. The number of anilines is 1. The van der Waals surface area contributed by atoms with Crippen LogP contribution in [0.15, 0.2) is 12.3 Å². The van der Waals surface area contributed by atoms with E-state index < -0.39 is 0 Å². The topological polar surface area (TPSA) is 45.2 Å². The molecule has 4 nitrogen and oxygen atoms in total. The van der Waals surface area contributed by atoms with Gasteiger partial charge >= 0.3 is 0 Å². The SMILES string of the molecule is CCNc1cc(C(=O)N(CC)C2CCCCC2)c(Cl)cn1. The molecular weight excluding hydrogens is 286 g/mol. The van der Waals surface area contributed by atoms with Crippen LogP contribution in [-0.4, -0.2) is 34.9 Å². The van der Waals surface area contributed by atoms with E-state index in [0.717, 1.165) is 25.9 Å². The Morgan fingerprint density at radius 3 is 2.71 bits per heavy atom. The van der Waals surface area contributed by atoms with E-state index in [2.05, 4.69) is 10.3 Å². The smallest absolute Gasteiger partial charge is 0.255 e. The number of amides is 1. The van der Waals surface area contributed by atoms with Crippen molar-refractivity contribution in [2.75, 3.05) is 18.4 Å². The predicted octanol–water partition coefficient (Wildman–Crippen LogP) is 3.96. The van der Waals surface area contributed by atoms with Gasteiger partial charge in [-0.15, -0.1) is 0 Å². The van der Waals surface area contributed by atoms with Gasteiger partial charge in [0, 0.05) is 25.3 Å². The molecule has 0 aliphatic heterocycles. The third-order valence-electron chi connectivity index (χ3n) is 4.06. The number of halogens is 1. The molecule has 0 aromatic carbocycles. The van der Waals surface area contributed by atoms with Gasteiger partial charge in [-0.2, -0.15) is 0 Å². The minimum absolute atomic E-state index is 0.0240. The molecule has 0 unspecified atom stereocenters. The molecular formula is C16H24ClN3O. The summed E-state index contributed by atoms with van der Waals surface area (Å²) in [6.07, 6.45) is 7.46. The molecule has 116 valence electrons. The van der Waals surface area contributed by atoms with Crippen LogP contribution in [0.4, 0.5) is 5.82 Å². The number of nitrogens with zero attached hydrogens (tertiary/aromatic N) is 2. The van der Waals surface area contributed by atoms with E-state index in [1.54, 1.807) is 12.3 Å².